The highest BCUT2D eigenvalue weighted by Gasteiger charge is 2.42. The quantitative estimate of drug-likeness (QED) is 0.631. The molecule has 4 aliphatic rings. The van der Waals surface area contributed by atoms with Crippen LogP contribution in [0.25, 0.3) is 11.1 Å². The number of ether oxygens (including phenoxy) is 3. The van der Waals surface area contributed by atoms with Gasteiger partial charge in [0.05, 0.1) is 12.7 Å². The number of methoxy groups -OCH3 is 1. The van der Waals surface area contributed by atoms with Gasteiger partial charge in [-0.2, -0.15) is 0 Å². The standard InChI is InChI=1S/C29H36N2O4/c1-33-26-11-15-31(16-12-26)28(32)22-7-5-21(6-8-22)23-9-10-27-24(19-23)20-34-29(35-27)13-17-30(18-14-29)25-3-2-4-25/h5-10,19,25-26H,2-4,11-18,20H2,1H3. The number of fused-ring (bicyclic) bond motifs is 1. The summed E-state index contributed by atoms with van der Waals surface area (Å²) in [5.41, 5.74) is 4.04. The first kappa shape index (κ1) is 23.0. The summed E-state index contributed by atoms with van der Waals surface area (Å²) in [4.78, 5) is 17.5. The molecule has 0 radical (unpaired) electrons. The Balaban J connectivity index is 1.10. The summed E-state index contributed by atoms with van der Waals surface area (Å²) < 4.78 is 18.2. The molecule has 3 aliphatic heterocycles. The van der Waals surface area contributed by atoms with Crippen molar-refractivity contribution in [3.05, 3.63) is 53.6 Å². The molecule has 0 N–H and O–H groups in total. The molecule has 0 unspecified atom stereocenters. The van der Waals surface area contributed by atoms with Gasteiger partial charge in [0.25, 0.3) is 5.91 Å². The highest BCUT2D eigenvalue weighted by molar-refractivity contribution is 5.94. The molecule has 2 saturated heterocycles. The third-order valence-corrected chi connectivity index (χ3v) is 8.53. The molecule has 3 fully saturated rings. The van der Waals surface area contributed by atoms with E-state index < -0.39 is 5.79 Å². The zero-order chi connectivity index (χ0) is 23.8. The predicted molar refractivity (Wildman–Crippen MR) is 134 cm³/mol. The number of nitrogens with zero attached hydrogens (tertiary/aromatic N) is 2. The largest absolute Gasteiger partial charge is 0.462 e. The zero-order valence-corrected chi connectivity index (χ0v) is 20.7. The molecule has 2 aromatic rings. The van der Waals surface area contributed by atoms with Gasteiger partial charge in [0.2, 0.25) is 5.79 Å². The summed E-state index contributed by atoms with van der Waals surface area (Å²) in [5, 5.41) is 0. The number of hydrogen-bond donors (Lipinski definition) is 0. The minimum atomic E-state index is -0.464. The van der Waals surface area contributed by atoms with E-state index in [1.54, 1.807) is 7.11 Å². The van der Waals surface area contributed by atoms with Gasteiger partial charge < -0.3 is 19.1 Å². The minimum Gasteiger partial charge on any atom is -0.462 e. The summed E-state index contributed by atoms with van der Waals surface area (Å²) in [6.45, 7) is 4.22. The molecule has 3 heterocycles. The molecule has 2 aromatic carbocycles. The van der Waals surface area contributed by atoms with E-state index in [2.05, 4.69) is 23.1 Å². The second-order valence-corrected chi connectivity index (χ2v) is 10.5. The van der Waals surface area contributed by atoms with Crippen molar-refractivity contribution in [2.24, 2.45) is 0 Å². The Morgan fingerprint density at radius 3 is 2.31 bits per heavy atom. The number of rotatable bonds is 4. The Hall–Kier alpha value is -2.41. The molecule has 35 heavy (non-hydrogen) atoms. The first-order valence-corrected chi connectivity index (χ1v) is 13.2. The van der Waals surface area contributed by atoms with Crippen molar-refractivity contribution in [2.75, 3.05) is 33.3 Å². The lowest BCUT2D eigenvalue weighted by molar-refractivity contribution is -0.231. The summed E-state index contributed by atoms with van der Waals surface area (Å²) in [6, 6.07) is 15.1. The molecule has 0 bridgehead atoms. The maximum Gasteiger partial charge on any atom is 0.253 e. The fourth-order valence-electron chi connectivity index (χ4n) is 5.92. The number of hydrogen-bond acceptors (Lipinski definition) is 5. The highest BCUT2D eigenvalue weighted by Crippen LogP contribution is 2.40. The molecule has 0 aromatic heterocycles. The number of likely N-dealkylation sites (tertiary alicyclic amines) is 2. The van der Waals surface area contributed by atoms with Crippen LogP contribution in [-0.4, -0.2) is 66.9 Å². The summed E-state index contributed by atoms with van der Waals surface area (Å²) in [6.07, 6.45) is 8.02. The lowest BCUT2D eigenvalue weighted by atomic mass is 9.89. The van der Waals surface area contributed by atoms with Crippen LogP contribution in [-0.2, 0) is 16.1 Å². The highest BCUT2D eigenvalue weighted by atomic mass is 16.7. The Morgan fingerprint density at radius 2 is 1.66 bits per heavy atom. The van der Waals surface area contributed by atoms with Gasteiger partial charge in [-0.3, -0.25) is 9.69 Å². The fraction of sp³-hybridized carbons (Fsp3) is 0.552. The van der Waals surface area contributed by atoms with Crippen molar-refractivity contribution in [3.63, 3.8) is 0 Å². The van der Waals surface area contributed by atoms with Gasteiger partial charge in [-0.05, 0) is 61.1 Å². The van der Waals surface area contributed by atoms with Gasteiger partial charge in [0.15, 0.2) is 0 Å². The molecular formula is C29H36N2O4. The van der Waals surface area contributed by atoms with Crippen molar-refractivity contribution in [3.8, 4) is 16.9 Å². The van der Waals surface area contributed by atoms with E-state index in [0.717, 1.165) is 85.9 Å². The van der Waals surface area contributed by atoms with Crippen molar-refractivity contribution in [2.45, 2.75) is 69.5 Å². The molecule has 6 rings (SSSR count). The second kappa shape index (κ2) is 9.57. The summed E-state index contributed by atoms with van der Waals surface area (Å²) in [7, 11) is 1.75. The van der Waals surface area contributed by atoms with Crippen molar-refractivity contribution in [1.82, 2.24) is 9.80 Å². The Bertz CT molecular complexity index is 1050. The van der Waals surface area contributed by atoms with Crippen LogP contribution in [0.15, 0.2) is 42.5 Å². The third kappa shape index (κ3) is 4.59. The topological polar surface area (TPSA) is 51.2 Å². The maximum atomic E-state index is 12.9. The van der Waals surface area contributed by atoms with Crippen LogP contribution in [0, 0.1) is 0 Å². The van der Waals surface area contributed by atoms with Crippen LogP contribution >= 0.6 is 0 Å². The van der Waals surface area contributed by atoms with E-state index in [1.165, 1.54) is 19.3 Å². The zero-order valence-electron chi connectivity index (χ0n) is 20.7. The van der Waals surface area contributed by atoms with Crippen molar-refractivity contribution in [1.29, 1.82) is 0 Å². The smallest absolute Gasteiger partial charge is 0.253 e. The first-order valence-electron chi connectivity index (χ1n) is 13.2. The van der Waals surface area contributed by atoms with E-state index in [4.69, 9.17) is 14.2 Å². The first-order chi connectivity index (χ1) is 17.1. The monoisotopic (exact) mass is 476 g/mol. The van der Waals surface area contributed by atoms with Gasteiger partial charge in [-0.1, -0.05) is 24.6 Å². The second-order valence-electron chi connectivity index (χ2n) is 10.5. The van der Waals surface area contributed by atoms with Crippen LogP contribution in [0.2, 0.25) is 0 Å². The number of piperidine rings is 2. The van der Waals surface area contributed by atoms with Crippen LogP contribution in [0.5, 0.6) is 5.75 Å². The summed E-state index contributed by atoms with van der Waals surface area (Å²) in [5.74, 6) is 0.587. The number of amides is 1. The lowest BCUT2D eigenvalue weighted by Gasteiger charge is -2.47. The van der Waals surface area contributed by atoms with E-state index in [9.17, 15) is 4.79 Å². The molecule has 1 amide bonds. The van der Waals surface area contributed by atoms with Gasteiger partial charge in [-0.15, -0.1) is 0 Å². The predicted octanol–water partition coefficient (Wildman–Crippen LogP) is 4.86. The third-order valence-electron chi connectivity index (χ3n) is 8.53. The van der Waals surface area contributed by atoms with Crippen LogP contribution < -0.4 is 4.74 Å². The number of carbonyl (C=O) groups excluding carboxylic acids is 1. The van der Waals surface area contributed by atoms with Gasteiger partial charge in [0, 0.05) is 63.3 Å². The molecule has 0 atom stereocenters. The molecule has 6 heteroatoms. The average Bonchev–Trinajstić information content (AvgIpc) is 2.88. The number of carbonyl (C=O) groups is 1. The van der Waals surface area contributed by atoms with Crippen LogP contribution in [0.3, 0.4) is 0 Å². The van der Waals surface area contributed by atoms with E-state index >= 15 is 0 Å². The maximum absolute atomic E-state index is 12.9. The minimum absolute atomic E-state index is 0.104. The van der Waals surface area contributed by atoms with Gasteiger partial charge in [0.1, 0.15) is 5.75 Å². The molecule has 1 saturated carbocycles. The average molecular weight is 477 g/mol. The van der Waals surface area contributed by atoms with E-state index in [0.29, 0.717) is 6.61 Å². The van der Waals surface area contributed by atoms with Gasteiger partial charge in [-0.25, -0.2) is 0 Å². The molecule has 6 nitrogen and oxygen atoms in total. The van der Waals surface area contributed by atoms with Crippen LogP contribution in [0.4, 0.5) is 0 Å². The number of benzene rings is 2. The SMILES string of the molecule is COC1CCN(C(=O)c2ccc(-c3ccc4c(c3)COC3(CCN(C5CCC5)CC3)O4)cc2)CC1. The lowest BCUT2D eigenvalue weighted by Crippen LogP contribution is -2.54. The molecular weight excluding hydrogens is 440 g/mol. The molecule has 1 spiro atoms. The molecule has 186 valence electrons. The van der Waals surface area contributed by atoms with E-state index in [-0.39, 0.29) is 12.0 Å². The Kier molecular flexibility index (Phi) is 6.29. The Morgan fingerprint density at radius 1 is 0.943 bits per heavy atom. The summed E-state index contributed by atoms with van der Waals surface area (Å²) >= 11 is 0. The van der Waals surface area contributed by atoms with Crippen molar-refractivity contribution >= 4 is 5.91 Å². The Labute approximate surface area is 208 Å². The molecule has 1 aliphatic carbocycles. The van der Waals surface area contributed by atoms with Crippen molar-refractivity contribution < 1.29 is 19.0 Å². The normalized spacial score (nSPS) is 22.9. The fourth-order valence-corrected chi connectivity index (χ4v) is 5.92. The van der Waals surface area contributed by atoms with Gasteiger partial charge >= 0.3 is 0 Å². The van der Waals surface area contributed by atoms with E-state index in [1.807, 2.05) is 29.2 Å². The van der Waals surface area contributed by atoms with Crippen LogP contribution in [0.1, 0.15) is 60.9 Å².